The SMILES string of the molecule is CC(C)(C)N1CCC(NC2CCCc3occc32)CC1. The van der Waals surface area contributed by atoms with E-state index in [9.17, 15) is 0 Å². The van der Waals surface area contributed by atoms with E-state index in [2.05, 4.69) is 37.1 Å². The van der Waals surface area contributed by atoms with Gasteiger partial charge < -0.3 is 9.73 Å². The van der Waals surface area contributed by atoms with Crippen molar-refractivity contribution in [3.8, 4) is 0 Å². The second kappa shape index (κ2) is 5.53. The quantitative estimate of drug-likeness (QED) is 0.896. The first kappa shape index (κ1) is 14.2. The number of piperidine rings is 1. The van der Waals surface area contributed by atoms with Crippen LogP contribution in [0.15, 0.2) is 16.7 Å². The van der Waals surface area contributed by atoms with Crippen molar-refractivity contribution in [2.45, 2.75) is 70.5 Å². The van der Waals surface area contributed by atoms with E-state index in [1.165, 1.54) is 50.1 Å². The first-order valence-corrected chi connectivity index (χ1v) is 8.11. The van der Waals surface area contributed by atoms with Gasteiger partial charge in [0.25, 0.3) is 0 Å². The number of rotatable bonds is 2. The molecule has 1 unspecified atom stereocenters. The minimum absolute atomic E-state index is 0.313. The molecular formula is C17H28N2O. The van der Waals surface area contributed by atoms with Crippen molar-refractivity contribution in [1.82, 2.24) is 10.2 Å². The van der Waals surface area contributed by atoms with Crippen LogP contribution in [0.25, 0.3) is 0 Å². The monoisotopic (exact) mass is 276 g/mol. The molecule has 3 heteroatoms. The number of likely N-dealkylation sites (tertiary alicyclic amines) is 1. The molecule has 1 aliphatic carbocycles. The smallest absolute Gasteiger partial charge is 0.108 e. The average Bonchev–Trinajstić information content (AvgIpc) is 2.88. The number of fused-ring (bicyclic) bond motifs is 1. The van der Waals surface area contributed by atoms with Gasteiger partial charge in [-0.3, -0.25) is 4.90 Å². The molecule has 0 bridgehead atoms. The van der Waals surface area contributed by atoms with Crippen LogP contribution in [0.5, 0.6) is 0 Å². The normalized spacial score (nSPS) is 25.6. The fourth-order valence-electron chi connectivity index (χ4n) is 3.66. The maximum Gasteiger partial charge on any atom is 0.108 e. The minimum Gasteiger partial charge on any atom is -0.469 e. The molecular weight excluding hydrogens is 248 g/mol. The Morgan fingerprint density at radius 3 is 2.65 bits per heavy atom. The number of furan rings is 1. The molecule has 20 heavy (non-hydrogen) atoms. The van der Waals surface area contributed by atoms with Crippen LogP contribution in [0.2, 0.25) is 0 Å². The van der Waals surface area contributed by atoms with E-state index in [4.69, 9.17) is 4.42 Å². The Hall–Kier alpha value is -0.800. The number of aryl methyl sites for hydroxylation is 1. The van der Waals surface area contributed by atoms with Crippen molar-refractivity contribution in [1.29, 1.82) is 0 Å². The first-order chi connectivity index (χ1) is 9.54. The fourth-order valence-corrected chi connectivity index (χ4v) is 3.66. The van der Waals surface area contributed by atoms with Crippen molar-refractivity contribution in [3.05, 3.63) is 23.7 Å². The molecule has 3 nitrogen and oxygen atoms in total. The van der Waals surface area contributed by atoms with Crippen molar-refractivity contribution in [2.75, 3.05) is 13.1 Å². The second-order valence-electron chi connectivity index (χ2n) is 7.34. The van der Waals surface area contributed by atoms with Crippen LogP contribution in [-0.2, 0) is 6.42 Å². The zero-order valence-corrected chi connectivity index (χ0v) is 13.1. The van der Waals surface area contributed by atoms with Crippen LogP contribution in [0.3, 0.4) is 0 Å². The Morgan fingerprint density at radius 2 is 1.95 bits per heavy atom. The summed E-state index contributed by atoms with van der Waals surface area (Å²) in [6.07, 6.45) is 8.00. The highest BCUT2D eigenvalue weighted by molar-refractivity contribution is 5.24. The van der Waals surface area contributed by atoms with E-state index in [0.29, 0.717) is 17.6 Å². The first-order valence-electron chi connectivity index (χ1n) is 8.11. The molecule has 1 N–H and O–H groups in total. The van der Waals surface area contributed by atoms with E-state index in [1.807, 2.05) is 6.26 Å². The molecule has 0 saturated carbocycles. The van der Waals surface area contributed by atoms with Gasteiger partial charge in [0, 0.05) is 42.7 Å². The molecule has 112 valence electrons. The molecule has 1 atom stereocenters. The van der Waals surface area contributed by atoms with Gasteiger partial charge in [0.05, 0.1) is 6.26 Å². The fraction of sp³-hybridized carbons (Fsp3) is 0.765. The van der Waals surface area contributed by atoms with E-state index < -0.39 is 0 Å². The molecule has 0 radical (unpaired) electrons. The summed E-state index contributed by atoms with van der Waals surface area (Å²) >= 11 is 0. The van der Waals surface area contributed by atoms with Gasteiger partial charge in [-0.1, -0.05) is 0 Å². The van der Waals surface area contributed by atoms with Gasteiger partial charge >= 0.3 is 0 Å². The third-order valence-corrected chi connectivity index (χ3v) is 4.93. The minimum atomic E-state index is 0.313. The average molecular weight is 276 g/mol. The summed E-state index contributed by atoms with van der Waals surface area (Å²) in [5.41, 5.74) is 1.72. The van der Waals surface area contributed by atoms with Crippen LogP contribution < -0.4 is 5.32 Å². The van der Waals surface area contributed by atoms with Crippen LogP contribution in [0, 0.1) is 0 Å². The van der Waals surface area contributed by atoms with Gasteiger partial charge in [0.1, 0.15) is 5.76 Å². The lowest BCUT2D eigenvalue weighted by Gasteiger charge is -2.42. The highest BCUT2D eigenvalue weighted by Gasteiger charge is 2.29. The maximum absolute atomic E-state index is 5.59. The topological polar surface area (TPSA) is 28.4 Å². The maximum atomic E-state index is 5.59. The molecule has 1 fully saturated rings. The summed E-state index contributed by atoms with van der Waals surface area (Å²) in [7, 11) is 0. The van der Waals surface area contributed by atoms with Crippen molar-refractivity contribution in [2.24, 2.45) is 0 Å². The van der Waals surface area contributed by atoms with Crippen molar-refractivity contribution >= 4 is 0 Å². The highest BCUT2D eigenvalue weighted by Crippen LogP contribution is 2.32. The Bertz CT molecular complexity index is 438. The number of nitrogens with one attached hydrogen (secondary N) is 1. The van der Waals surface area contributed by atoms with Crippen LogP contribution in [0.4, 0.5) is 0 Å². The summed E-state index contributed by atoms with van der Waals surface area (Å²) in [5.74, 6) is 1.21. The van der Waals surface area contributed by atoms with Gasteiger partial charge in [0.2, 0.25) is 0 Å². The van der Waals surface area contributed by atoms with E-state index in [0.717, 1.165) is 6.42 Å². The standard InChI is InChI=1S/C17H28N2O/c1-17(2,3)19-10-7-13(8-11-19)18-15-5-4-6-16-14(15)9-12-20-16/h9,12-13,15,18H,4-8,10-11H2,1-3H3. The zero-order chi connectivity index (χ0) is 14.2. The third-order valence-electron chi connectivity index (χ3n) is 4.93. The Balaban J connectivity index is 1.56. The van der Waals surface area contributed by atoms with Gasteiger partial charge in [-0.25, -0.2) is 0 Å². The number of hydrogen-bond acceptors (Lipinski definition) is 3. The predicted molar refractivity (Wildman–Crippen MR) is 81.9 cm³/mol. The Labute approximate surface area is 122 Å². The van der Waals surface area contributed by atoms with E-state index in [-0.39, 0.29) is 0 Å². The zero-order valence-electron chi connectivity index (χ0n) is 13.1. The van der Waals surface area contributed by atoms with Crippen LogP contribution >= 0.6 is 0 Å². The molecule has 2 heterocycles. The lowest BCUT2D eigenvalue weighted by Crippen LogP contribution is -2.50. The summed E-state index contributed by atoms with van der Waals surface area (Å²) in [5, 5.41) is 3.89. The van der Waals surface area contributed by atoms with Gasteiger partial charge in [0.15, 0.2) is 0 Å². The van der Waals surface area contributed by atoms with E-state index in [1.54, 1.807) is 0 Å². The highest BCUT2D eigenvalue weighted by atomic mass is 16.3. The van der Waals surface area contributed by atoms with Gasteiger partial charge in [-0.05, 0) is 52.5 Å². The molecule has 1 aliphatic heterocycles. The Kier molecular flexibility index (Phi) is 3.91. The number of nitrogens with zero attached hydrogens (tertiary/aromatic N) is 1. The molecule has 1 saturated heterocycles. The molecule has 2 aliphatic rings. The van der Waals surface area contributed by atoms with E-state index >= 15 is 0 Å². The summed E-state index contributed by atoms with van der Waals surface area (Å²) in [6, 6.07) is 3.35. The molecule has 1 aromatic rings. The largest absolute Gasteiger partial charge is 0.469 e. The second-order valence-corrected chi connectivity index (χ2v) is 7.34. The lowest BCUT2D eigenvalue weighted by molar-refractivity contribution is 0.0930. The van der Waals surface area contributed by atoms with Crippen molar-refractivity contribution in [3.63, 3.8) is 0 Å². The van der Waals surface area contributed by atoms with Crippen LogP contribution in [-0.4, -0.2) is 29.6 Å². The van der Waals surface area contributed by atoms with Gasteiger partial charge in [-0.15, -0.1) is 0 Å². The molecule has 0 aromatic carbocycles. The predicted octanol–water partition coefficient (Wildman–Crippen LogP) is 3.51. The lowest BCUT2D eigenvalue weighted by atomic mass is 9.91. The van der Waals surface area contributed by atoms with Crippen molar-refractivity contribution < 1.29 is 4.42 Å². The molecule has 1 aromatic heterocycles. The molecule has 0 amide bonds. The molecule has 3 rings (SSSR count). The summed E-state index contributed by atoms with van der Waals surface area (Å²) < 4.78 is 5.59. The summed E-state index contributed by atoms with van der Waals surface area (Å²) in [6.45, 7) is 9.39. The summed E-state index contributed by atoms with van der Waals surface area (Å²) in [4.78, 5) is 2.61. The Morgan fingerprint density at radius 1 is 1.20 bits per heavy atom. The molecule has 0 spiro atoms. The number of hydrogen-bond donors (Lipinski definition) is 1. The van der Waals surface area contributed by atoms with Gasteiger partial charge in [-0.2, -0.15) is 0 Å². The third kappa shape index (κ3) is 2.94. The van der Waals surface area contributed by atoms with Crippen LogP contribution in [0.1, 0.15) is 63.8 Å².